The molecule has 0 atom stereocenters. The molecule has 0 bridgehead atoms. The van der Waals surface area contributed by atoms with Crippen LogP contribution < -0.4 is 11.1 Å². The highest BCUT2D eigenvalue weighted by Crippen LogP contribution is 2.37. The van der Waals surface area contributed by atoms with Gasteiger partial charge in [0.15, 0.2) is 11.6 Å². The molecular formula is C14H18F2N2O. The zero-order valence-corrected chi connectivity index (χ0v) is 10.7. The van der Waals surface area contributed by atoms with Crippen molar-refractivity contribution >= 4 is 5.91 Å². The van der Waals surface area contributed by atoms with Gasteiger partial charge in [-0.05, 0) is 30.5 Å². The number of rotatable bonds is 4. The van der Waals surface area contributed by atoms with E-state index in [2.05, 4.69) is 5.32 Å². The second-order valence-corrected chi connectivity index (χ2v) is 5.12. The van der Waals surface area contributed by atoms with Crippen LogP contribution in [0.5, 0.6) is 0 Å². The number of carbonyl (C=O) groups excluding carboxylic acids is 1. The van der Waals surface area contributed by atoms with Crippen LogP contribution in [0.2, 0.25) is 0 Å². The normalized spacial score (nSPS) is 17.4. The van der Waals surface area contributed by atoms with Crippen LogP contribution in [0.3, 0.4) is 0 Å². The lowest BCUT2D eigenvalue weighted by Crippen LogP contribution is -2.43. The standard InChI is InChI=1S/C14H18F2N2O/c15-11-4-3-10(7-12(11)16)8-18-13(19)14(9-17)5-1-2-6-14/h3-4,7H,1-2,5-6,8-9,17H2,(H,18,19). The third-order valence-electron chi connectivity index (χ3n) is 3.87. The molecule has 2 rings (SSSR count). The number of hydrogen-bond donors (Lipinski definition) is 2. The zero-order chi connectivity index (χ0) is 13.9. The monoisotopic (exact) mass is 268 g/mol. The molecule has 104 valence electrons. The summed E-state index contributed by atoms with van der Waals surface area (Å²) in [6.07, 6.45) is 3.62. The minimum Gasteiger partial charge on any atom is -0.352 e. The van der Waals surface area contributed by atoms with Crippen molar-refractivity contribution in [3.8, 4) is 0 Å². The van der Waals surface area contributed by atoms with Crippen LogP contribution in [0.1, 0.15) is 31.2 Å². The van der Waals surface area contributed by atoms with E-state index in [4.69, 9.17) is 5.73 Å². The summed E-state index contributed by atoms with van der Waals surface area (Å²) in [6.45, 7) is 0.522. The van der Waals surface area contributed by atoms with Crippen LogP contribution >= 0.6 is 0 Å². The SMILES string of the molecule is NCC1(C(=O)NCc2ccc(F)c(F)c2)CCCC1. The number of carbonyl (C=O) groups is 1. The van der Waals surface area contributed by atoms with E-state index in [0.717, 1.165) is 37.8 Å². The number of nitrogens with two attached hydrogens (primary N) is 1. The molecule has 1 aliphatic rings. The fraction of sp³-hybridized carbons (Fsp3) is 0.500. The number of amides is 1. The maximum atomic E-state index is 13.0. The molecule has 3 N–H and O–H groups in total. The lowest BCUT2D eigenvalue weighted by molar-refractivity contribution is -0.130. The zero-order valence-electron chi connectivity index (χ0n) is 10.7. The summed E-state index contributed by atoms with van der Waals surface area (Å²) in [4.78, 5) is 12.2. The molecule has 0 unspecified atom stereocenters. The highest BCUT2D eigenvalue weighted by Gasteiger charge is 2.39. The minimum atomic E-state index is -0.902. The predicted molar refractivity (Wildman–Crippen MR) is 68.2 cm³/mol. The van der Waals surface area contributed by atoms with Crippen molar-refractivity contribution in [3.05, 3.63) is 35.4 Å². The summed E-state index contributed by atoms with van der Waals surface area (Å²) in [6, 6.07) is 3.62. The van der Waals surface area contributed by atoms with E-state index in [1.54, 1.807) is 0 Å². The largest absolute Gasteiger partial charge is 0.352 e. The molecular weight excluding hydrogens is 250 g/mol. The lowest BCUT2D eigenvalue weighted by Gasteiger charge is -2.25. The van der Waals surface area contributed by atoms with Gasteiger partial charge in [-0.15, -0.1) is 0 Å². The van der Waals surface area contributed by atoms with Crippen LogP contribution in [0.25, 0.3) is 0 Å². The van der Waals surface area contributed by atoms with Gasteiger partial charge >= 0.3 is 0 Å². The molecule has 1 amide bonds. The Morgan fingerprint density at radius 1 is 1.26 bits per heavy atom. The Kier molecular flexibility index (Phi) is 4.14. The predicted octanol–water partition coefficient (Wildman–Crippen LogP) is 2.10. The van der Waals surface area contributed by atoms with Gasteiger partial charge in [0.25, 0.3) is 0 Å². The van der Waals surface area contributed by atoms with E-state index < -0.39 is 17.0 Å². The molecule has 5 heteroatoms. The van der Waals surface area contributed by atoms with Crippen LogP contribution in [0, 0.1) is 17.0 Å². The fourth-order valence-corrected chi connectivity index (χ4v) is 2.60. The molecule has 0 radical (unpaired) electrons. The topological polar surface area (TPSA) is 55.1 Å². The van der Waals surface area contributed by atoms with Gasteiger partial charge in [0.05, 0.1) is 5.41 Å². The van der Waals surface area contributed by atoms with E-state index in [9.17, 15) is 13.6 Å². The van der Waals surface area contributed by atoms with Crippen molar-refractivity contribution in [1.29, 1.82) is 0 Å². The highest BCUT2D eigenvalue weighted by atomic mass is 19.2. The van der Waals surface area contributed by atoms with Crippen LogP contribution in [0.4, 0.5) is 8.78 Å². The van der Waals surface area contributed by atoms with Crippen molar-refractivity contribution in [2.75, 3.05) is 6.54 Å². The number of halogens is 2. The first-order chi connectivity index (χ1) is 9.07. The molecule has 0 aliphatic heterocycles. The first-order valence-electron chi connectivity index (χ1n) is 6.50. The van der Waals surface area contributed by atoms with Crippen LogP contribution in [-0.4, -0.2) is 12.5 Å². The van der Waals surface area contributed by atoms with Crippen LogP contribution in [-0.2, 0) is 11.3 Å². The molecule has 0 saturated heterocycles. The van der Waals surface area contributed by atoms with Gasteiger partial charge in [0.2, 0.25) is 5.91 Å². The maximum Gasteiger partial charge on any atom is 0.227 e. The molecule has 3 nitrogen and oxygen atoms in total. The Morgan fingerprint density at radius 2 is 1.95 bits per heavy atom. The Balaban J connectivity index is 1.98. The number of hydrogen-bond acceptors (Lipinski definition) is 2. The Morgan fingerprint density at radius 3 is 2.53 bits per heavy atom. The number of benzene rings is 1. The van der Waals surface area contributed by atoms with Crippen molar-refractivity contribution in [2.45, 2.75) is 32.2 Å². The molecule has 0 spiro atoms. The minimum absolute atomic E-state index is 0.0859. The summed E-state index contributed by atoms with van der Waals surface area (Å²) < 4.78 is 25.8. The quantitative estimate of drug-likeness (QED) is 0.878. The molecule has 0 aromatic heterocycles. The molecule has 19 heavy (non-hydrogen) atoms. The average Bonchev–Trinajstić information content (AvgIpc) is 2.90. The molecule has 1 aliphatic carbocycles. The summed E-state index contributed by atoms with van der Waals surface area (Å²) in [7, 11) is 0. The second-order valence-electron chi connectivity index (χ2n) is 5.12. The molecule has 1 aromatic rings. The van der Waals surface area contributed by atoms with E-state index in [1.807, 2.05) is 0 Å². The first kappa shape index (κ1) is 13.9. The van der Waals surface area contributed by atoms with Crippen molar-refractivity contribution in [2.24, 2.45) is 11.1 Å². The summed E-state index contributed by atoms with van der Waals surface area (Å²) in [5, 5.41) is 2.77. The van der Waals surface area contributed by atoms with Crippen molar-refractivity contribution in [3.63, 3.8) is 0 Å². The third kappa shape index (κ3) is 2.92. The van der Waals surface area contributed by atoms with Gasteiger partial charge < -0.3 is 11.1 Å². The van der Waals surface area contributed by atoms with Gasteiger partial charge in [0.1, 0.15) is 0 Å². The van der Waals surface area contributed by atoms with Crippen LogP contribution in [0.15, 0.2) is 18.2 Å². The Hall–Kier alpha value is -1.49. The molecule has 0 heterocycles. The summed E-state index contributed by atoms with van der Waals surface area (Å²) >= 11 is 0. The average molecular weight is 268 g/mol. The molecule has 1 saturated carbocycles. The summed E-state index contributed by atoms with van der Waals surface area (Å²) in [5.41, 5.74) is 5.78. The van der Waals surface area contributed by atoms with E-state index >= 15 is 0 Å². The van der Waals surface area contributed by atoms with Crippen molar-refractivity contribution in [1.82, 2.24) is 5.32 Å². The smallest absolute Gasteiger partial charge is 0.227 e. The summed E-state index contributed by atoms with van der Waals surface area (Å²) in [5.74, 6) is -1.87. The lowest BCUT2D eigenvalue weighted by atomic mass is 9.85. The Bertz CT molecular complexity index is 471. The van der Waals surface area contributed by atoms with E-state index in [-0.39, 0.29) is 12.5 Å². The number of nitrogens with one attached hydrogen (secondary N) is 1. The Labute approximate surface area is 111 Å². The maximum absolute atomic E-state index is 13.0. The molecule has 1 aromatic carbocycles. The third-order valence-corrected chi connectivity index (χ3v) is 3.87. The van der Waals surface area contributed by atoms with Gasteiger partial charge in [-0.25, -0.2) is 8.78 Å². The highest BCUT2D eigenvalue weighted by molar-refractivity contribution is 5.83. The second kappa shape index (κ2) is 5.65. The first-order valence-corrected chi connectivity index (χ1v) is 6.50. The van der Waals surface area contributed by atoms with Gasteiger partial charge in [-0.3, -0.25) is 4.79 Å². The van der Waals surface area contributed by atoms with E-state index in [0.29, 0.717) is 12.1 Å². The molecule has 1 fully saturated rings. The fourth-order valence-electron chi connectivity index (χ4n) is 2.60. The van der Waals surface area contributed by atoms with Gasteiger partial charge in [-0.1, -0.05) is 18.9 Å². The van der Waals surface area contributed by atoms with Gasteiger partial charge in [0, 0.05) is 13.1 Å². The van der Waals surface area contributed by atoms with Crippen molar-refractivity contribution < 1.29 is 13.6 Å². The van der Waals surface area contributed by atoms with E-state index in [1.165, 1.54) is 6.07 Å². The van der Waals surface area contributed by atoms with Gasteiger partial charge in [-0.2, -0.15) is 0 Å².